The SMILES string of the molecule is COc1ccc(OCCNc2ccc(NC(=O)C3CCCCC3)nc2)cc1. The Balaban J connectivity index is 1.38. The highest BCUT2D eigenvalue weighted by Gasteiger charge is 2.21. The molecule has 144 valence electrons. The van der Waals surface area contributed by atoms with E-state index in [-0.39, 0.29) is 11.8 Å². The van der Waals surface area contributed by atoms with Crippen LogP contribution >= 0.6 is 0 Å². The first-order valence-electron chi connectivity index (χ1n) is 9.52. The smallest absolute Gasteiger partial charge is 0.228 e. The molecule has 0 spiro atoms. The van der Waals surface area contributed by atoms with E-state index in [0.29, 0.717) is 19.0 Å². The fourth-order valence-corrected chi connectivity index (χ4v) is 3.20. The van der Waals surface area contributed by atoms with Crippen molar-refractivity contribution < 1.29 is 14.3 Å². The van der Waals surface area contributed by atoms with E-state index in [1.807, 2.05) is 36.4 Å². The van der Waals surface area contributed by atoms with Crippen molar-refractivity contribution in [2.45, 2.75) is 32.1 Å². The number of aromatic nitrogens is 1. The molecule has 1 aromatic carbocycles. The van der Waals surface area contributed by atoms with Crippen LogP contribution in [0.5, 0.6) is 11.5 Å². The summed E-state index contributed by atoms with van der Waals surface area (Å²) in [4.78, 5) is 16.6. The van der Waals surface area contributed by atoms with Crippen LogP contribution in [0, 0.1) is 5.92 Å². The summed E-state index contributed by atoms with van der Waals surface area (Å²) in [5, 5.41) is 6.18. The van der Waals surface area contributed by atoms with Gasteiger partial charge in [0.1, 0.15) is 23.9 Å². The summed E-state index contributed by atoms with van der Waals surface area (Å²) in [7, 11) is 1.64. The summed E-state index contributed by atoms with van der Waals surface area (Å²) in [5.41, 5.74) is 0.893. The Kier molecular flexibility index (Phi) is 6.90. The van der Waals surface area contributed by atoms with E-state index in [0.717, 1.165) is 42.9 Å². The molecule has 1 aliphatic rings. The molecule has 3 rings (SSSR count). The van der Waals surface area contributed by atoms with Crippen LogP contribution in [0.15, 0.2) is 42.6 Å². The largest absolute Gasteiger partial charge is 0.497 e. The van der Waals surface area contributed by atoms with E-state index in [9.17, 15) is 4.79 Å². The van der Waals surface area contributed by atoms with Gasteiger partial charge in [-0.25, -0.2) is 4.98 Å². The first-order chi connectivity index (χ1) is 13.2. The zero-order valence-electron chi connectivity index (χ0n) is 15.7. The summed E-state index contributed by atoms with van der Waals surface area (Å²) in [6, 6.07) is 11.2. The Morgan fingerprint density at radius 3 is 2.48 bits per heavy atom. The van der Waals surface area contributed by atoms with Gasteiger partial charge in [0.2, 0.25) is 5.91 Å². The average Bonchev–Trinajstić information content (AvgIpc) is 2.73. The van der Waals surface area contributed by atoms with Gasteiger partial charge in [0.15, 0.2) is 0 Å². The van der Waals surface area contributed by atoms with Crippen molar-refractivity contribution >= 4 is 17.4 Å². The molecule has 1 saturated carbocycles. The molecule has 2 N–H and O–H groups in total. The molecule has 0 bridgehead atoms. The third-order valence-corrected chi connectivity index (χ3v) is 4.75. The number of pyridine rings is 1. The van der Waals surface area contributed by atoms with Gasteiger partial charge in [0.25, 0.3) is 0 Å². The molecule has 6 heteroatoms. The number of carbonyl (C=O) groups excluding carboxylic acids is 1. The number of nitrogens with zero attached hydrogens (tertiary/aromatic N) is 1. The van der Waals surface area contributed by atoms with Gasteiger partial charge in [-0.15, -0.1) is 0 Å². The minimum absolute atomic E-state index is 0.0933. The summed E-state index contributed by atoms with van der Waals surface area (Å²) in [6.07, 6.45) is 7.23. The lowest BCUT2D eigenvalue weighted by molar-refractivity contribution is -0.120. The molecule has 1 heterocycles. The number of methoxy groups -OCH3 is 1. The minimum atomic E-state index is 0.0933. The third kappa shape index (κ3) is 5.88. The van der Waals surface area contributed by atoms with Gasteiger partial charge in [-0.1, -0.05) is 19.3 Å². The molecule has 1 amide bonds. The molecule has 0 radical (unpaired) electrons. The fourth-order valence-electron chi connectivity index (χ4n) is 3.20. The van der Waals surface area contributed by atoms with Crippen LogP contribution < -0.4 is 20.1 Å². The third-order valence-electron chi connectivity index (χ3n) is 4.75. The first-order valence-corrected chi connectivity index (χ1v) is 9.52. The maximum Gasteiger partial charge on any atom is 0.228 e. The van der Waals surface area contributed by atoms with Gasteiger partial charge < -0.3 is 20.1 Å². The van der Waals surface area contributed by atoms with Crippen molar-refractivity contribution in [2.75, 3.05) is 30.9 Å². The lowest BCUT2D eigenvalue weighted by Crippen LogP contribution is -2.25. The Morgan fingerprint density at radius 2 is 1.81 bits per heavy atom. The van der Waals surface area contributed by atoms with Crippen LogP contribution in [0.3, 0.4) is 0 Å². The maximum atomic E-state index is 12.2. The molecule has 0 saturated heterocycles. The number of amides is 1. The van der Waals surface area contributed by atoms with Gasteiger partial charge >= 0.3 is 0 Å². The Hall–Kier alpha value is -2.76. The maximum absolute atomic E-state index is 12.2. The summed E-state index contributed by atoms with van der Waals surface area (Å²) < 4.78 is 10.8. The molecule has 6 nitrogen and oxygen atoms in total. The number of carbonyl (C=O) groups is 1. The zero-order chi connectivity index (χ0) is 18.9. The molecular weight excluding hydrogens is 342 g/mol. The topological polar surface area (TPSA) is 72.5 Å². The lowest BCUT2D eigenvalue weighted by Gasteiger charge is -2.20. The number of nitrogens with one attached hydrogen (secondary N) is 2. The molecule has 0 atom stereocenters. The Labute approximate surface area is 160 Å². The zero-order valence-corrected chi connectivity index (χ0v) is 15.7. The summed E-state index contributed by atoms with van der Waals surface area (Å²) in [5.74, 6) is 2.44. The second-order valence-corrected chi connectivity index (χ2v) is 6.71. The molecule has 0 unspecified atom stereocenters. The van der Waals surface area contributed by atoms with Crippen molar-refractivity contribution in [3.05, 3.63) is 42.6 Å². The van der Waals surface area contributed by atoms with Gasteiger partial charge in [0.05, 0.1) is 19.0 Å². The highest BCUT2D eigenvalue weighted by molar-refractivity contribution is 5.91. The number of hydrogen-bond acceptors (Lipinski definition) is 5. The van der Waals surface area contributed by atoms with E-state index in [2.05, 4.69) is 15.6 Å². The van der Waals surface area contributed by atoms with Crippen LogP contribution in [0.4, 0.5) is 11.5 Å². The molecular formula is C21H27N3O3. The lowest BCUT2D eigenvalue weighted by atomic mass is 9.89. The Morgan fingerprint density at radius 1 is 1.07 bits per heavy atom. The van der Waals surface area contributed by atoms with Gasteiger partial charge in [-0.2, -0.15) is 0 Å². The number of rotatable bonds is 8. The van der Waals surface area contributed by atoms with Crippen LogP contribution in [-0.4, -0.2) is 31.2 Å². The van der Waals surface area contributed by atoms with Crippen molar-refractivity contribution in [1.82, 2.24) is 4.98 Å². The molecule has 27 heavy (non-hydrogen) atoms. The highest BCUT2D eigenvalue weighted by atomic mass is 16.5. The number of hydrogen-bond donors (Lipinski definition) is 2. The molecule has 1 fully saturated rings. The molecule has 2 aromatic rings. The predicted octanol–water partition coefficient (Wildman–Crippen LogP) is 4.10. The van der Waals surface area contributed by atoms with Gasteiger partial charge in [0, 0.05) is 12.5 Å². The second kappa shape index (κ2) is 9.80. The Bertz CT molecular complexity index is 710. The van der Waals surface area contributed by atoms with Crippen molar-refractivity contribution in [3.8, 4) is 11.5 Å². The van der Waals surface area contributed by atoms with Crippen LogP contribution in [0.2, 0.25) is 0 Å². The van der Waals surface area contributed by atoms with Crippen molar-refractivity contribution in [2.24, 2.45) is 5.92 Å². The van der Waals surface area contributed by atoms with E-state index < -0.39 is 0 Å². The average molecular weight is 369 g/mol. The normalized spacial score (nSPS) is 14.4. The van der Waals surface area contributed by atoms with E-state index in [1.165, 1.54) is 6.42 Å². The monoisotopic (exact) mass is 369 g/mol. The molecule has 1 aliphatic carbocycles. The summed E-state index contributed by atoms with van der Waals surface area (Å²) in [6.45, 7) is 1.19. The minimum Gasteiger partial charge on any atom is -0.497 e. The van der Waals surface area contributed by atoms with Crippen LogP contribution in [0.25, 0.3) is 0 Å². The van der Waals surface area contributed by atoms with Crippen molar-refractivity contribution in [3.63, 3.8) is 0 Å². The first kappa shape index (κ1) is 19.0. The number of anilines is 2. The van der Waals surface area contributed by atoms with Crippen LogP contribution in [0.1, 0.15) is 32.1 Å². The fraction of sp³-hybridized carbons (Fsp3) is 0.429. The number of benzene rings is 1. The van der Waals surface area contributed by atoms with Gasteiger partial charge in [-0.3, -0.25) is 4.79 Å². The van der Waals surface area contributed by atoms with Crippen molar-refractivity contribution in [1.29, 1.82) is 0 Å². The van der Waals surface area contributed by atoms with Crippen LogP contribution in [-0.2, 0) is 4.79 Å². The summed E-state index contributed by atoms with van der Waals surface area (Å²) >= 11 is 0. The highest BCUT2D eigenvalue weighted by Crippen LogP contribution is 2.24. The van der Waals surface area contributed by atoms with E-state index >= 15 is 0 Å². The van der Waals surface area contributed by atoms with Gasteiger partial charge in [-0.05, 0) is 49.2 Å². The molecule has 0 aliphatic heterocycles. The molecule has 1 aromatic heterocycles. The second-order valence-electron chi connectivity index (χ2n) is 6.71. The standard InChI is InChI=1S/C21H27N3O3/c1-26-18-8-10-19(11-9-18)27-14-13-22-17-7-12-20(23-15-17)24-21(25)16-5-3-2-4-6-16/h7-12,15-16,22H,2-6,13-14H2,1H3,(H,23,24,25). The predicted molar refractivity (Wildman–Crippen MR) is 106 cm³/mol. The van der Waals surface area contributed by atoms with E-state index in [1.54, 1.807) is 13.3 Å². The van der Waals surface area contributed by atoms with E-state index in [4.69, 9.17) is 9.47 Å². The quantitative estimate of drug-likeness (QED) is 0.686. The number of ether oxygens (including phenoxy) is 2.